The monoisotopic (exact) mass is 247 g/mol. The van der Waals surface area contributed by atoms with E-state index in [9.17, 15) is 0 Å². The fourth-order valence-corrected chi connectivity index (χ4v) is 1.84. The summed E-state index contributed by atoms with van der Waals surface area (Å²) < 4.78 is 5.32. The topological polar surface area (TPSA) is 65.3 Å². The van der Waals surface area contributed by atoms with E-state index in [1.165, 1.54) is 0 Å². The van der Waals surface area contributed by atoms with Crippen LogP contribution in [0.5, 0.6) is 0 Å². The highest BCUT2D eigenvalue weighted by atomic mass is 16.5. The molecule has 18 heavy (non-hydrogen) atoms. The Balaban J connectivity index is 2.06. The molecule has 1 saturated heterocycles. The predicted octanol–water partition coefficient (Wildman–Crippen LogP) is 0.663. The molecule has 1 aliphatic heterocycles. The quantitative estimate of drug-likeness (QED) is 0.779. The Hall–Kier alpha value is -1.87. The number of rotatable bonds is 4. The Bertz CT molecular complexity index is 425. The maximum absolute atomic E-state index is 8.59. The van der Waals surface area contributed by atoms with Gasteiger partial charge in [0.05, 0.1) is 25.7 Å². The van der Waals surface area contributed by atoms with Crippen LogP contribution in [0.4, 0.5) is 11.6 Å². The van der Waals surface area contributed by atoms with Crippen LogP contribution in [0.1, 0.15) is 6.42 Å². The Morgan fingerprint density at radius 2 is 2.22 bits per heavy atom. The number of hydrogen-bond acceptors (Lipinski definition) is 6. The van der Waals surface area contributed by atoms with Gasteiger partial charge in [0.2, 0.25) is 0 Å². The third-order valence-electron chi connectivity index (χ3n) is 2.92. The number of hydrogen-bond donors (Lipinski definition) is 0. The van der Waals surface area contributed by atoms with Crippen LogP contribution in [0.15, 0.2) is 12.4 Å². The van der Waals surface area contributed by atoms with Crippen molar-refractivity contribution >= 4 is 11.6 Å². The number of nitrogens with zero attached hydrogens (tertiary/aromatic N) is 5. The Kier molecular flexibility index (Phi) is 4.31. The average molecular weight is 247 g/mol. The summed E-state index contributed by atoms with van der Waals surface area (Å²) >= 11 is 0. The fraction of sp³-hybridized carbons (Fsp3) is 0.583. The van der Waals surface area contributed by atoms with E-state index in [1.54, 1.807) is 6.33 Å². The smallest absolute Gasteiger partial charge is 0.134 e. The van der Waals surface area contributed by atoms with E-state index in [2.05, 4.69) is 20.9 Å². The van der Waals surface area contributed by atoms with E-state index >= 15 is 0 Å². The lowest BCUT2D eigenvalue weighted by atomic mass is 10.3. The van der Waals surface area contributed by atoms with E-state index in [0.29, 0.717) is 13.0 Å². The number of ether oxygens (including phenoxy) is 1. The summed E-state index contributed by atoms with van der Waals surface area (Å²) in [6, 6.07) is 4.10. The molecule has 2 rings (SSSR count). The van der Waals surface area contributed by atoms with Gasteiger partial charge in [0.15, 0.2) is 0 Å². The van der Waals surface area contributed by atoms with Crippen LogP contribution in [-0.4, -0.2) is 49.9 Å². The number of aromatic nitrogens is 2. The highest BCUT2D eigenvalue weighted by Gasteiger charge is 2.13. The first kappa shape index (κ1) is 12.6. The summed E-state index contributed by atoms with van der Waals surface area (Å²) in [6.07, 6.45) is 2.07. The normalized spacial score (nSPS) is 15.2. The van der Waals surface area contributed by atoms with E-state index < -0.39 is 0 Å². The molecule has 0 aliphatic carbocycles. The second kappa shape index (κ2) is 6.17. The van der Waals surface area contributed by atoms with Crippen LogP contribution in [-0.2, 0) is 4.74 Å². The molecule has 0 amide bonds. The van der Waals surface area contributed by atoms with Crippen molar-refractivity contribution in [3.63, 3.8) is 0 Å². The van der Waals surface area contributed by atoms with Crippen molar-refractivity contribution in [2.45, 2.75) is 6.42 Å². The largest absolute Gasteiger partial charge is 0.378 e. The van der Waals surface area contributed by atoms with Gasteiger partial charge in [-0.2, -0.15) is 5.26 Å². The minimum absolute atomic E-state index is 0.493. The van der Waals surface area contributed by atoms with Gasteiger partial charge in [0.25, 0.3) is 0 Å². The van der Waals surface area contributed by atoms with Crippen molar-refractivity contribution in [1.82, 2.24) is 9.97 Å². The maximum Gasteiger partial charge on any atom is 0.134 e. The van der Waals surface area contributed by atoms with Gasteiger partial charge in [-0.3, -0.25) is 0 Å². The SMILES string of the molecule is CN(CCC#N)c1cc(N2CCOCC2)ncn1. The lowest BCUT2D eigenvalue weighted by Crippen LogP contribution is -2.37. The highest BCUT2D eigenvalue weighted by Crippen LogP contribution is 2.17. The zero-order valence-corrected chi connectivity index (χ0v) is 10.5. The van der Waals surface area contributed by atoms with Crippen molar-refractivity contribution < 1.29 is 4.74 Å². The van der Waals surface area contributed by atoms with Crippen molar-refractivity contribution in [2.24, 2.45) is 0 Å². The summed E-state index contributed by atoms with van der Waals surface area (Å²) in [4.78, 5) is 12.7. The van der Waals surface area contributed by atoms with Gasteiger partial charge in [0, 0.05) is 32.7 Å². The van der Waals surface area contributed by atoms with Crippen LogP contribution in [0.3, 0.4) is 0 Å². The molecular weight excluding hydrogens is 230 g/mol. The van der Waals surface area contributed by atoms with Crippen LogP contribution in [0, 0.1) is 11.3 Å². The van der Waals surface area contributed by atoms with Gasteiger partial charge < -0.3 is 14.5 Å². The van der Waals surface area contributed by atoms with E-state index in [0.717, 1.165) is 37.9 Å². The van der Waals surface area contributed by atoms with E-state index in [1.807, 2.05) is 18.0 Å². The van der Waals surface area contributed by atoms with Gasteiger partial charge in [-0.05, 0) is 0 Å². The molecule has 1 fully saturated rings. The molecule has 0 unspecified atom stereocenters. The van der Waals surface area contributed by atoms with Crippen molar-refractivity contribution in [1.29, 1.82) is 5.26 Å². The fourth-order valence-electron chi connectivity index (χ4n) is 1.84. The first-order valence-electron chi connectivity index (χ1n) is 6.04. The van der Waals surface area contributed by atoms with Crippen molar-refractivity contribution in [2.75, 3.05) is 49.7 Å². The first-order valence-corrected chi connectivity index (χ1v) is 6.04. The summed E-state index contributed by atoms with van der Waals surface area (Å²) in [7, 11) is 1.93. The highest BCUT2D eigenvalue weighted by molar-refractivity contribution is 5.49. The molecule has 0 saturated carbocycles. The minimum Gasteiger partial charge on any atom is -0.378 e. The minimum atomic E-state index is 0.493. The van der Waals surface area contributed by atoms with Crippen LogP contribution < -0.4 is 9.80 Å². The van der Waals surface area contributed by atoms with Gasteiger partial charge in [-0.15, -0.1) is 0 Å². The molecule has 1 aromatic rings. The molecule has 0 N–H and O–H groups in total. The second-order valence-electron chi connectivity index (χ2n) is 4.16. The van der Waals surface area contributed by atoms with Gasteiger partial charge in [-0.25, -0.2) is 9.97 Å². The lowest BCUT2D eigenvalue weighted by molar-refractivity contribution is 0.122. The van der Waals surface area contributed by atoms with E-state index in [-0.39, 0.29) is 0 Å². The number of anilines is 2. The summed E-state index contributed by atoms with van der Waals surface area (Å²) in [5.41, 5.74) is 0. The summed E-state index contributed by atoms with van der Waals surface area (Å²) in [6.45, 7) is 3.88. The molecule has 2 heterocycles. The number of nitriles is 1. The van der Waals surface area contributed by atoms with Gasteiger partial charge in [-0.1, -0.05) is 0 Å². The van der Waals surface area contributed by atoms with Gasteiger partial charge in [0.1, 0.15) is 18.0 Å². The molecule has 1 aliphatic rings. The summed E-state index contributed by atoms with van der Waals surface area (Å²) in [5, 5.41) is 8.59. The van der Waals surface area contributed by atoms with Crippen LogP contribution in [0.25, 0.3) is 0 Å². The van der Waals surface area contributed by atoms with Crippen molar-refractivity contribution in [3.8, 4) is 6.07 Å². The molecule has 0 radical (unpaired) electrons. The maximum atomic E-state index is 8.59. The Morgan fingerprint density at radius 1 is 1.44 bits per heavy atom. The lowest BCUT2D eigenvalue weighted by Gasteiger charge is -2.28. The number of morpholine rings is 1. The Morgan fingerprint density at radius 3 is 2.94 bits per heavy atom. The molecular formula is C12H17N5O. The summed E-state index contributed by atoms with van der Waals surface area (Å²) in [5.74, 6) is 1.77. The second-order valence-corrected chi connectivity index (χ2v) is 4.16. The molecule has 0 aromatic carbocycles. The average Bonchev–Trinajstić information content (AvgIpc) is 2.46. The molecule has 6 heteroatoms. The Labute approximate surface area is 107 Å². The third-order valence-corrected chi connectivity index (χ3v) is 2.92. The van der Waals surface area contributed by atoms with Crippen molar-refractivity contribution in [3.05, 3.63) is 12.4 Å². The molecule has 0 atom stereocenters. The molecule has 1 aromatic heterocycles. The first-order chi connectivity index (χ1) is 8.81. The third kappa shape index (κ3) is 3.08. The van der Waals surface area contributed by atoms with Crippen LogP contribution in [0.2, 0.25) is 0 Å². The molecule has 0 spiro atoms. The standard InChI is InChI=1S/C12H17N5O/c1-16(4-2-3-13)11-9-12(15-10-14-11)17-5-7-18-8-6-17/h9-10H,2,4-8H2,1H3. The zero-order valence-electron chi connectivity index (χ0n) is 10.5. The molecule has 96 valence electrons. The predicted molar refractivity (Wildman–Crippen MR) is 68.6 cm³/mol. The van der Waals surface area contributed by atoms with E-state index in [4.69, 9.17) is 10.00 Å². The van der Waals surface area contributed by atoms with Gasteiger partial charge >= 0.3 is 0 Å². The molecule has 6 nitrogen and oxygen atoms in total. The molecule has 0 bridgehead atoms. The van der Waals surface area contributed by atoms with Crippen LogP contribution >= 0.6 is 0 Å². The zero-order chi connectivity index (χ0) is 12.8.